The van der Waals surface area contributed by atoms with Crippen LogP contribution in [0.15, 0.2) is 36.4 Å². The van der Waals surface area contributed by atoms with Crippen LogP contribution in [-0.2, 0) is 41.6 Å². The van der Waals surface area contributed by atoms with E-state index in [1.165, 1.54) is 14.7 Å². The Balaban J connectivity index is 1.13. The second-order valence-corrected chi connectivity index (χ2v) is 18.0. The first-order chi connectivity index (χ1) is 29.1. The number of benzene rings is 2. The van der Waals surface area contributed by atoms with Crippen molar-refractivity contribution in [3.63, 3.8) is 0 Å². The van der Waals surface area contributed by atoms with Crippen LogP contribution in [0.4, 0.5) is 25.0 Å². The standard InChI is InChI=1S/C44H54F2N8O7/c1-23-21-44-35(37(44)55)24(2)36(42(60)53-14-7-9-34(53)41(59)52-13-6-5-8-33(52)39(57)47-25(3)40(58)54(44)22-23)50-38(56)31(18-26-16-28(45)20-29(46)17-26)49-43(61)48-30-10-11-32-27(19-30)12-15-51(32)4/h10-11,16-17,19-20,23-25,31,33-36H,5-9,12-15,18,21-22H2,1-4H3,(H,47,57)(H,50,56)(H2,48,49,61)/t23-,24-,25+,31+,33+,34+,35+,36+,44-/m1/s1. The molecule has 4 N–H and O–H groups in total. The van der Waals surface area contributed by atoms with Crippen molar-refractivity contribution in [3.05, 3.63) is 59.2 Å². The minimum atomic E-state index is -1.48. The van der Waals surface area contributed by atoms with Crippen molar-refractivity contribution in [1.82, 2.24) is 30.7 Å². The fourth-order valence-electron chi connectivity index (χ4n) is 10.8. The van der Waals surface area contributed by atoms with Gasteiger partial charge in [0.15, 0.2) is 5.78 Å². The van der Waals surface area contributed by atoms with E-state index in [4.69, 9.17) is 0 Å². The zero-order chi connectivity index (χ0) is 43.5. The van der Waals surface area contributed by atoms with Gasteiger partial charge in [-0.3, -0.25) is 28.8 Å². The average molecular weight is 845 g/mol. The van der Waals surface area contributed by atoms with Crippen LogP contribution in [0.3, 0.4) is 0 Å². The van der Waals surface area contributed by atoms with Gasteiger partial charge in [0, 0.05) is 57.1 Å². The third-order valence-electron chi connectivity index (χ3n) is 13.7. The van der Waals surface area contributed by atoms with E-state index in [1.54, 1.807) is 19.9 Å². The summed E-state index contributed by atoms with van der Waals surface area (Å²) in [6.07, 6.45) is 3.22. The second kappa shape index (κ2) is 16.3. The van der Waals surface area contributed by atoms with Crippen molar-refractivity contribution in [2.24, 2.45) is 17.8 Å². The molecule has 5 fully saturated rings. The van der Waals surface area contributed by atoms with E-state index in [2.05, 4.69) is 26.2 Å². The minimum Gasteiger partial charge on any atom is -0.374 e. The largest absolute Gasteiger partial charge is 0.374 e. The molecule has 9 atom stereocenters. The summed E-state index contributed by atoms with van der Waals surface area (Å²) in [6, 6.07) is 1.71. The van der Waals surface area contributed by atoms with Crippen molar-refractivity contribution in [2.75, 3.05) is 43.4 Å². The Morgan fingerprint density at radius 2 is 1.57 bits per heavy atom. The van der Waals surface area contributed by atoms with Gasteiger partial charge in [-0.05, 0) is 105 Å². The normalized spacial score (nSPS) is 30.6. The Bertz CT molecular complexity index is 2150. The predicted octanol–water partition coefficient (Wildman–Crippen LogP) is 2.51. The first kappa shape index (κ1) is 42.1. The van der Waals surface area contributed by atoms with E-state index in [-0.39, 0.29) is 43.3 Å². The molecule has 8 rings (SSSR count). The lowest BCUT2D eigenvalue weighted by atomic mass is 9.90. The molecule has 0 bridgehead atoms. The van der Waals surface area contributed by atoms with Crippen molar-refractivity contribution in [1.29, 1.82) is 0 Å². The third kappa shape index (κ3) is 7.79. The van der Waals surface area contributed by atoms with Gasteiger partial charge in [0.25, 0.3) is 0 Å². The average Bonchev–Trinajstić information content (AvgIpc) is 3.65. The number of nitrogens with one attached hydrogen (secondary N) is 4. The summed E-state index contributed by atoms with van der Waals surface area (Å²) in [6.45, 7) is 6.67. The molecule has 7 amide bonds. The molecular formula is C44H54F2N8O7. The number of anilines is 2. The van der Waals surface area contributed by atoms with Crippen LogP contribution in [0.2, 0.25) is 0 Å². The van der Waals surface area contributed by atoms with E-state index in [0.717, 1.165) is 36.3 Å². The number of Topliss-reactive ketones (excluding diaryl/α,β-unsaturated/α-hetero) is 1. The van der Waals surface area contributed by atoms with Gasteiger partial charge in [0.1, 0.15) is 47.4 Å². The molecule has 0 aromatic heterocycles. The molecule has 2 aromatic rings. The first-order valence-electron chi connectivity index (χ1n) is 21.5. The Hall–Kier alpha value is -5.61. The van der Waals surface area contributed by atoms with Crippen LogP contribution in [0, 0.1) is 29.4 Å². The molecule has 1 saturated carbocycles. The van der Waals surface area contributed by atoms with E-state index in [1.807, 2.05) is 26.1 Å². The molecule has 61 heavy (non-hydrogen) atoms. The molecule has 4 saturated heterocycles. The monoisotopic (exact) mass is 844 g/mol. The highest BCUT2D eigenvalue weighted by Crippen LogP contribution is 2.57. The van der Waals surface area contributed by atoms with Crippen LogP contribution in [0.5, 0.6) is 0 Å². The van der Waals surface area contributed by atoms with Crippen molar-refractivity contribution in [2.45, 2.75) is 108 Å². The number of rotatable bonds is 6. The topological polar surface area (TPSA) is 181 Å². The molecule has 2 aromatic carbocycles. The summed E-state index contributed by atoms with van der Waals surface area (Å²) >= 11 is 0. The number of hydrogen-bond acceptors (Lipinski definition) is 8. The van der Waals surface area contributed by atoms with Crippen LogP contribution >= 0.6 is 0 Å². The number of carbonyl (C=O) groups is 7. The van der Waals surface area contributed by atoms with Crippen molar-refractivity contribution >= 4 is 52.7 Å². The molecular weight excluding hydrogens is 791 g/mol. The zero-order valence-electron chi connectivity index (χ0n) is 35.0. The van der Waals surface area contributed by atoms with Crippen LogP contribution in [-0.4, -0.2) is 125 Å². The predicted molar refractivity (Wildman–Crippen MR) is 219 cm³/mol. The highest BCUT2D eigenvalue weighted by Gasteiger charge is 2.74. The molecule has 5 aliphatic heterocycles. The van der Waals surface area contributed by atoms with E-state index in [0.29, 0.717) is 50.3 Å². The van der Waals surface area contributed by atoms with Crippen LogP contribution in [0.1, 0.15) is 70.4 Å². The number of piperidine rings is 1. The summed E-state index contributed by atoms with van der Waals surface area (Å²) in [5.74, 6) is -6.76. The van der Waals surface area contributed by atoms with E-state index < -0.39 is 94.8 Å². The first-order valence-corrected chi connectivity index (χ1v) is 21.5. The Kier molecular flexibility index (Phi) is 11.3. The quantitative estimate of drug-likeness (QED) is 0.343. The lowest BCUT2D eigenvalue weighted by Gasteiger charge is -2.39. The van der Waals surface area contributed by atoms with Gasteiger partial charge in [-0.1, -0.05) is 13.8 Å². The van der Waals surface area contributed by atoms with Gasteiger partial charge >= 0.3 is 6.03 Å². The molecule has 15 nitrogen and oxygen atoms in total. The van der Waals surface area contributed by atoms with Crippen molar-refractivity contribution in [3.8, 4) is 0 Å². The Labute approximate surface area is 353 Å². The molecule has 0 unspecified atom stereocenters. The van der Waals surface area contributed by atoms with Gasteiger partial charge in [0.05, 0.1) is 5.92 Å². The Morgan fingerprint density at radius 1 is 0.869 bits per heavy atom. The van der Waals surface area contributed by atoms with Gasteiger partial charge in [0.2, 0.25) is 29.5 Å². The van der Waals surface area contributed by atoms with Crippen LogP contribution < -0.4 is 26.2 Å². The molecule has 0 radical (unpaired) electrons. The fourth-order valence-corrected chi connectivity index (χ4v) is 10.8. The molecule has 326 valence electrons. The Morgan fingerprint density at radius 3 is 2.33 bits per heavy atom. The lowest BCUT2D eigenvalue weighted by Crippen LogP contribution is -2.61. The highest BCUT2D eigenvalue weighted by molar-refractivity contribution is 6.12. The number of hydrogen-bond donors (Lipinski definition) is 4. The summed E-state index contributed by atoms with van der Waals surface area (Å²) in [5, 5.41) is 11.1. The summed E-state index contributed by atoms with van der Waals surface area (Å²) in [5.41, 5.74) is 1.29. The summed E-state index contributed by atoms with van der Waals surface area (Å²) in [4.78, 5) is 106. The minimum absolute atomic E-state index is 0.0592. The maximum atomic E-state index is 15.0. The van der Waals surface area contributed by atoms with Gasteiger partial charge in [-0.2, -0.15) is 0 Å². The smallest absolute Gasteiger partial charge is 0.319 e. The van der Waals surface area contributed by atoms with E-state index in [9.17, 15) is 37.5 Å². The number of urea groups is 1. The van der Waals surface area contributed by atoms with E-state index >= 15 is 4.79 Å². The molecule has 5 heterocycles. The van der Waals surface area contributed by atoms with Crippen LogP contribution in [0.25, 0.3) is 0 Å². The van der Waals surface area contributed by atoms with Gasteiger partial charge < -0.3 is 40.9 Å². The number of halogens is 2. The molecule has 1 spiro atoms. The number of amides is 7. The number of carbonyl (C=O) groups excluding carboxylic acids is 7. The molecule has 6 aliphatic rings. The summed E-state index contributed by atoms with van der Waals surface area (Å²) < 4.78 is 29.0. The maximum absolute atomic E-state index is 15.0. The number of nitrogens with zero attached hydrogens (tertiary/aromatic N) is 4. The molecule has 17 heteroatoms. The number of likely N-dealkylation sites (N-methyl/N-ethyl adjacent to an activating group) is 1. The number of ketones is 1. The fraction of sp³-hybridized carbons (Fsp3) is 0.568. The maximum Gasteiger partial charge on any atom is 0.319 e. The summed E-state index contributed by atoms with van der Waals surface area (Å²) in [7, 11) is 1.97. The number of fused-ring (bicyclic) bond motifs is 3. The lowest BCUT2D eigenvalue weighted by molar-refractivity contribution is -0.151. The van der Waals surface area contributed by atoms with Gasteiger partial charge in [-0.25, -0.2) is 13.6 Å². The third-order valence-corrected chi connectivity index (χ3v) is 13.7. The zero-order valence-corrected chi connectivity index (χ0v) is 35.0. The highest BCUT2D eigenvalue weighted by atomic mass is 19.1. The van der Waals surface area contributed by atoms with Crippen molar-refractivity contribution < 1.29 is 42.3 Å². The second-order valence-electron chi connectivity index (χ2n) is 18.0. The SMILES string of the molecule is C[C@H]1CN2C(=O)[C@H](C)NC(=O)[C@@H]3CCCCN3C(=O)[C@@H]3CCCN3C(=O)[C@@H](NC(=O)[C@H](Cc3cc(F)cc(F)c3)NC(=O)Nc3ccc4c(c3)CCN4C)[C@H](C)[C@H]3C(=O)[C@@]32C1. The van der Waals surface area contributed by atoms with Gasteiger partial charge in [-0.15, -0.1) is 0 Å². The molecule has 1 aliphatic carbocycles.